The lowest BCUT2D eigenvalue weighted by atomic mass is 10.2. The van der Waals surface area contributed by atoms with Gasteiger partial charge in [0.15, 0.2) is 17.2 Å². The number of hydrogen-bond acceptors (Lipinski definition) is 5. The summed E-state index contributed by atoms with van der Waals surface area (Å²) in [5.41, 5.74) is 1.85. The topological polar surface area (TPSA) is 84.9 Å². The largest absolute Gasteiger partial charge is 0.493 e. The number of anilines is 2. The number of methoxy groups -OCH3 is 1. The molecule has 0 saturated carbocycles. The van der Waals surface area contributed by atoms with Gasteiger partial charge in [-0.25, -0.2) is 8.42 Å². The smallest absolute Gasteiger partial charge is 0.232 e. The maximum absolute atomic E-state index is 12.7. The van der Waals surface area contributed by atoms with E-state index in [4.69, 9.17) is 21.1 Å². The zero-order valence-electron chi connectivity index (χ0n) is 19.2. The van der Waals surface area contributed by atoms with Crippen molar-refractivity contribution in [2.75, 3.05) is 29.5 Å². The number of para-hydroxylation sites is 3. The van der Waals surface area contributed by atoms with Crippen molar-refractivity contribution in [3.8, 4) is 17.2 Å². The van der Waals surface area contributed by atoms with Gasteiger partial charge in [0, 0.05) is 18.0 Å². The summed E-state index contributed by atoms with van der Waals surface area (Å²) in [5, 5.41) is 3.25. The van der Waals surface area contributed by atoms with E-state index < -0.39 is 10.0 Å². The number of halogens is 1. The van der Waals surface area contributed by atoms with Crippen molar-refractivity contribution in [2.24, 2.45) is 0 Å². The molecule has 34 heavy (non-hydrogen) atoms. The van der Waals surface area contributed by atoms with Crippen molar-refractivity contribution >= 4 is 38.9 Å². The molecule has 0 heterocycles. The summed E-state index contributed by atoms with van der Waals surface area (Å²) in [6, 6.07) is 19.3. The molecular formula is C25H27ClN2O5S. The van der Waals surface area contributed by atoms with Crippen molar-refractivity contribution < 1.29 is 22.7 Å². The highest BCUT2D eigenvalue weighted by atomic mass is 35.5. The number of aryl methyl sites for hydroxylation is 1. The summed E-state index contributed by atoms with van der Waals surface area (Å²) in [6.45, 7) is 2.03. The molecule has 0 unspecified atom stereocenters. The Morgan fingerprint density at radius 2 is 1.68 bits per heavy atom. The van der Waals surface area contributed by atoms with E-state index in [2.05, 4.69) is 5.32 Å². The molecule has 0 radical (unpaired) electrons. The number of amides is 1. The average molecular weight is 503 g/mol. The highest BCUT2D eigenvalue weighted by Gasteiger charge is 2.19. The van der Waals surface area contributed by atoms with Crippen LogP contribution in [0.1, 0.15) is 18.4 Å². The standard InChI is InChI=1S/C25H27ClN2O5S/c1-18-9-4-5-10-21(18)28(34(3,30)31)16-8-13-25(29)27-20-17-19(26)14-15-22(20)33-24-12-7-6-11-23(24)32-2/h4-7,9-12,14-15,17H,8,13,16H2,1-3H3,(H,27,29). The maximum Gasteiger partial charge on any atom is 0.232 e. The average Bonchev–Trinajstić information content (AvgIpc) is 2.79. The number of benzene rings is 3. The van der Waals surface area contributed by atoms with E-state index in [0.29, 0.717) is 40.1 Å². The second-order valence-corrected chi connectivity index (χ2v) is 10.0. The summed E-state index contributed by atoms with van der Waals surface area (Å²) in [4.78, 5) is 12.7. The summed E-state index contributed by atoms with van der Waals surface area (Å²) in [7, 11) is -1.95. The SMILES string of the molecule is COc1ccccc1Oc1ccc(Cl)cc1NC(=O)CCCN(c1ccccc1C)S(C)(=O)=O. The predicted octanol–water partition coefficient (Wildman–Crippen LogP) is 5.63. The van der Waals surface area contributed by atoms with E-state index in [9.17, 15) is 13.2 Å². The summed E-state index contributed by atoms with van der Waals surface area (Å²) < 4.78 is 37.3. The number of sulfonamides is 1. The number of ether oxygens (including phenoxy) is 2. The molecule has 0 aliphatic carbocycles. The molecule has 0 spiro atoms. The van der Waals surface area contributed by atoms with Gasteiger partial charge in [-0.3, -0.25) is 9.10 Å². The Morgan fingerprint density at radius 3 is 2.35 bits per heavy atom. The Hall–Kier alpha value is -3.23. The Kier molecular flexibility index (Phi) is 8.41. The van der Waals surface area contributed by atoms with Crippen molar-refractivity contribution in [3.63, 3.8) is 0 Å². The first-order chi connectivity index (χ1) is 16.2. The van der Waals surface area contributed by atoms with Crippen LogP contribution in [-0.4, -0.2) is 34.2 Å². The number of carbonyl (C=O) groups excluding carboxylic acids is 1. The van der Waals surface area contributed by atoms with Crippen LogP contribution in [0.4, 0.5) is 11.4 Å². The van der Waals surface area contributed by atoms with Crippen LogP contribution in [0.25, 0.3) is 0 Å². The van der Waals surface area contributed by atoms with Crippen LogP contribution in [0.3, 0.4) is 0 Å². The van der Waals surface area contributed by atoms with Gasteiger partial charge in [0.1, 0.15) is 0 Å². The second-order valence-electron chi connectivity index (χ2n) is 7.67. The van der Waals surface area contributed by atoms with Crippen molar-refractivity contribution in [2.45, 2.75) is 19.8 Å². The molecule has 180 valence electrons. The fourth-order valence-corrected chi connectivity index (χ4v) is 4.61. The fourth-order valence-electron chi connectivity index (χ4n) is 3.41. The number of carbonyl (C=O) groups is 1. The van der Waals surface area contributed by atoms with E-state index in [1.165, 1.54) is 4.31 Å². The first-order valence-corrected chi connectivity index (χ1v) is 12.9. The van der Waals surface area contributed by atoms with Crippen LogP contribution < -0.4 is 19.1 Å². The van der Waals surface area contributed by atoms with Gasteiger partial charge >= 0.3 is 0 Å². The van der Waals surface area contributed by atoms with Crippen LogP contribution >= 0.6 is 11.6 Å². The molecule has 0 bridgehead atoms. The molecule has 3 aromatic rings. The van der Waals surface area contributed by atoms with Crippen LogP contribution in [0.2, 0.25) is 5.02 Å². The molecule has 0 aliphatic heterocycles. The molecule has 7 nitrogen and oxygen atoms in total. The van der Waals surface area contributed by atoms with Crippen LogP contribution in [0, 0.1) is 6.92 Å². The van der Waals surface area contributed by atoms with Crippen LogP contribution in [-0.2, 0) is 14.8 Å². The van der Waals surface area contributed by atoms with Gasteiger partial charge < -0.3 is 14.8 Å². The molecule has 3 rings (SSSR count). The number of nitrogens with zero attached hydrogens (tertiary/aromatic N) is 1. The van der Waals surface area contributed by atoms with Gasteiger partial charge in [-0.15, -0.1) is 0 Å². The van der Waals surface area contributed by atoms with Crippen LogP contribution in [0.15, 0.2) is 66.7 Å². The second kappa shape index (κ2) is 11.3. The van der Waals surface area contributed by atoms with Crippen molar-refractivity contribution in [3.05, 3.63) is 77.3 Å². The predicted molar refractivity (Wildman–Crippen MR) is 136 cm³/mol. The lowest BCUT2D eigenvalue weighted by Crippen LogP contribution is -2.32. The molecule has 0 aromatic heterocycles. The van der Waals surface area contributed by atoms with Gasteiger partial charge in [-0.2, -0.15) is 0 Å². The van der Waals surface area contributed by atoms with E-state index in [1.807, 2.05) is 31.2 Å². The summed E-state index contributed by atoms with van der Waals surface area (Å²) >= 11 is 6.14. The minimum Gasteiger partial charge on any atom is -0.493 e. The molecular weight excluding hydrogens is 476 g/mol. The summed E-state index contributed by atoms with van der Waals surface area (Å²) in [6.07, 6.45) is 1.60. The van der Waals surface area contributed by atoms with Gasteiger partial charge in [-0.05, 0) is 55.3 Å². The highest BCUT2D eigenvalue weighted by Crippen LogP contribution is 2.36. The molecule has 1 amide bonds. The quantitative estimate of drug-likeness (QED) is 0.388. The number of rotatable bonds is 10. The van der Waals surface area contributed by atoms with Gasteiger partial charge in [0.2, 0.25) is 15.9 Å². The molecule has 9 heteroatoms. The lowest BCUT2D eigenvalue weighted by molar-refractivity contribution is -0.116. The van der Waals surface area contributed by atoms with E-state index >= 15 is 0 Å². The lowest BCUT2D eigenvalue weighted by Gasteiger charge is -2.24. The van der Waals surface area contributed by atoms with Gasteiger partial charge in [0.05, 0.1) is 24.7 Å². The fraction of sp³-hybridized carbons (Fsp3) is 0.240. The Labute approximate surface area is 205 Å². The van der Waals surface area contributed by atoms with Crippen LogP contribution in [0.5, 0.6) is 17.2 Å². The molecule has 0 saturated heterocycles. The van der Waals surface area contributed by atoms with E-state index in [-0.39, 0.29) is 18.9 Å². The normalized spacial score (nSPS) is 11.1. The zero-order chi connectivity index (χ0) is 24.7. The molecule has 0 fully saturated rings. The Morgan fingerprint density at radius 1 is 1.00 bits per heavy atom. The van der Waals surface area contributed by atoms with Crippen molar-refractivity contribution in [1.29, 1.82) is 0 Å². The highest BCUT2D eigenvalue weighted by molar-refractivity contribution is 7.92. The third-order valence-electron chi connectivity index (χ3n) is 5.05. The zero-order valence-corrected chi connectivity index (χ0v) is 20.8. The first-order valence-electron chi connectivity index (χ1n) is 10.6. The van der Waals surface area contributed by atoms with Crippen molar-refractivity contribution in [1.82, 2.24) is 0 Å². The maximum atomic E-state index is 12.7. The number of nitrogens with one attached hydrogen (secondary N) is 1. The minimum absolute atomic E-state index is 0.110. The van der Waals surface area contributed by atoms with E-state index in [1.54, 1.807) is 49.6 Å². The first kappa shape index (κ1) is 25.4. The van der Waals surface area contributed by atoms with Gasteiger partial charge in [0.25, 0.3) is 0 Å². The third kappa shape index (κ3) is 6.65. The minimum atomic E-state index is -3.50. The molecule has 0 atom stereocenters. The Balaban J connectivity index is 1.69. The van der Waals surface area contributed by atoms with Gasteiger partial charge in [-0.1, -0.05) is 41.9 Å². The molecule has 0 aliphatic rings. The number of hydrogen-bond donors (Lipinski definition) is 1. The monoisotopic (exact) mass is 502 g/mol. The third-order valence-corrected chi connectivity index (χ3v) is 6.47. The molecule has 1 N–H and O–H groups in total. The Bertz CT molecular complexity index is 1260. The van der Waals surface area contributed by atoms with E-state index in [0.717, 1.165) is 11.8 Å². The summed E-state index contributed by atoms with van der Waals surface area (Å²) in [5.74, 6) is 1.15. The molecule has 3 aromatic carbocycles.